The summed E-state index contributed by atoms with van der Waals surface area (Å²) >= 11 is 0. The van der Waals surface area contributed by atoms with Gasteiger partial charge in [-0.15, -0.1) is 0 Å². The fraction of sp³-hybridized carbons (Fsp3) is 0.579. The van der Waals surface area contributed by atoms with Crippen LogP contribution in [0.3, 0.4) is 0 Å². The highest BCUT2D eigenvalue weighted by atomic mass is 16.3. The summed E-state index contributed by atoms with van der Waals surface area (Å²) in [4.78, 5) is 29.0. The van der Waals surface area contributed by atoms with E-state index < -0.39 is 0 Å². The molecular weight excluding hydrogens is 304 g/mol. The number of carbonyl (C=O) groups excluding carboxylic acids is 2. The largest absolute Gasteiger partial charge is 0.508 e. The molecule has 2 heterocycles. The van der Waals surface area contributed by atoms with E-state index in [1.807, 2.05) is 21.9 Å². The number of aromatic hydroxyl groups is 1. The minimum Gasteiger partial charge on any atom is -0.508 e. The SMILES string of the molecule is O=C(C1CCN(C(=O)[C@@H]2C[C@H]2c2cccc(O)c2)C1)N1CCCC1. The maximum Gasteiger partial charge on any atom is 0.227 e. The first kappa shape index (κ1) is 15.5. The Kier molecular flexibility index (Phi) is 3.94. The van der Waals surface area contributed by atoms with Crippen molar-refractivity contribution in [3.8, 4) is 5.75 Å². The first-order chi connectivity index (χ1) is 11.6. The lowest BCUT2D eigenvalue weighted by Crippen LogP contribution is -2.37. The van der Waals surface area contributed by atoms with Gasteiger partial charge in [-0.3, -0.25) is 9.59 Å². The lowest BCUT2D eigenvalue weighted by atomic mass is 10.1. The lowest BCUT2D eigenvalue weighted by molar-refractivity contribution is -0.135. The first-order valence-corrected chi connectivity index (χ1v) is 9.00. The lowest BCUT2D eigenvalue weighted by Gasteiger charge is -2.20. The van der Waals surface area contributed by atoms with Crippen molar-refractivity contribution in [2.24, 2.45) is 11.8 Å². The van der Waals surface area contributed by atoms with Gasteiger partial charge in [0.05, 0.1) is 5.92 Å². The molecule has 1 N–H and O–H groups in total. The van der Waals surface area contributed by atoms with Gasteiger partial charge in [0.1, 0.15) is 5.75 Å². The van der Waals surface area contributed by atoms with E-state index in [1.54, 1.807) is 12.1 Å². The van der Waals surface area contributed by atoms with Gasteiger partial charge < -0.3 is 14.9 Å². The standard InChI is InChI=1S/C19H24N2O3/c22-15-5-3-4-13(10-15)16-11-17(16)19(24)21-9-6-14(12-21)18(23)20-7-1-2-8-20/h3-5,10,14,16-17,22H,1-2,6-9,11-12H2/t14?,16-,17+/m0/s1. The smallest absolute Gasteiger partial charge is 0.227 e. The van der Waals surface area contributed by atoms with Gasteiger partial charge in [-0.05, 0) is 49.3 Å². The number of benzene rings is 1. The molecule has 4 rings (SSSR count). The molecule has 24 heavy (non-hydrogen) atoms. The quantitative estimate of drug-likeness (QED) is 0.923. The zero-order valence-corrected chi connectivity index (χ0v) is 13.9. The number of likely N-dealkylation sites (tertiary alicyclic amines) is 2. The van der Waals surface area contributed by atoms with Crippen LogP contribution >= 0.6 is 0 Å². The summed E-state index contributed by atoms with van der Waals surface area (Å²) in [5.41, 5.74) is 1.04. The first-order valence-electron chi connectivity index (χ1n) is 9.00. The fourth-order valence-electron chi connectivity index (χ4n) is 4.18. The minimum absolute atomic E-state index is 0.00924. The molecule has 0 radical (unpaired) electrons. The molecule has 1 saturated carbocycles. The van der Waals surface area contributed by atoms with E-state index >= 15 is 0 Å². The van der Waals surface area contributed by atoms with Gasteiger partial charge >= 0.3 is 0 Å². The van der Waals surface area contributed by atoms with E-state index in [-0.39, 0.29) is 35.3 Å². The summed E-state index contributed by atoms with van der Waals surface area (Å²) in [5, 5.41) is 9.59. The fourth-order valence-corrected chi connectivity index (χ4v) is 4.18. The zero-order valence-electron chi connectivity index (χ0n) is 13.9. The Bertz CT molecular complexity index is 654. The Hall–Kier alpha value is -2.04. The normalized spacial score (nSPS) is 29.1. The molecule has 1 unspecified atom stereocenters. The van der Waals surface area contributed by atoms with Crippen LogP contribution in [0, 0.1) is 11.8 Å². The van der Waals surface area contributed by atoms with Crippen LogP contribution in [-0.4, -0.2) is 52.9 Å². The number of carbonyl (C=O) groups is 2. The van der Waals surface area contributed by atoms with Crippen LogP contribution in [0.1, 0.15) is 37.2 Å². The molecular formula is C19H24N2O3. The van der Waals surface area contributed by atoms with Crippen molar-refractivity contribution in [1.82, 2.24) is 9.80 Å². The summed E-state index contributed by atoms with van der Waals surface area (Å²) < 4.78 is 0. The number of hydrogen-bond acceptors (Lipinski definition) is 3. The highest BCUT2D eigenvalue weighted by Gasteiger charge is 2.47. The molecule has 2 saturated heterocycles. The van der Waals surface area contributed by atoms with Crippen LogP contribution in [0.25, 0.3) is 0 Å². The molecule has 3 aliphatic rings. The summed E-state index contributed by atoms with van der Waals surface area (Å²) in [7, 11) is 0. The topological polar surface area (TPSA) is 60.9 Å². The third-order valence-corrected chi connectivity index (χ3v) is 5.67. The second kappa shape index (κ2) is 6.11. The molecule has 5 heteroatoms. The van der Waals surface area contributed by atoms with Gasteiger partial charge in [0.15, 0.2) is 0 Å². The number of hydrogen-bond donors (Lipinski definition) is 1. The molecule has 1 aromatic rings. The van der Waals surface area contributed by atoms with Gasteiger partial charge in [-0.25, -0.2) is 0 Å². The molecule has 1 aromatic carbocycles. The van der Waals surface area contributed by atoms with Crippen molar-refractivity contribution in [1.29, 1.82) is 0 Å². The van der Waals surface area contributed by atoms with Gasteiger partial charge in [0, 0.05) is 32.1 Å². The Labute approximate surface area is 142 Å². The number of phenolic OH excluding ortho intramolecular Hbond substituents is 1. The maximum absolute atomic E-state index is 12.7. The van der Waals surface area contributed by atoms with Crippen LogP contribution in [-0.2, 0) is 9.59 Å². The Balaban J connectivity index is 1.34. The molecule has 2 amide bonds. The van der Waals surface area contributed by atoms with Crippen molar-refractivity contribution >= 4 is 11.8 Å². The van der Waals surface area contributed by atoms with Crippen molar-refractivity contribution < 1.29 is 14.7 Å². The molecule has 0 bridgehead atoms. The van der Waals surface area contributed by atoms with Crippen LogP contribution in [0.15, 0.2) is 24.3 Å². The third-order valence-electron chi connectivity index (χ3n) is 5.67. The molecule has 0 aromatic heterocycles. The number of phenols is 1. The van der Waals surface area contributed by atoms with E-state index in [0.717, 1.165) is 44.3 Å². The van der Waals surface area contributed by atoms with Crippen LogP contribution in [0.4, 0.5) is 0 Å². The van der Waals surface area contributed by atoms with Crippen LogP contribution in [0.5, 0.6) is 5.75 Å². The van der Waals surface area contributed by atoms with Gasteiger partial charge in [0.2, 0.25) is 11.8 Å². The average Bonchev–Trinajstić information content (AvgIpc) is 3.01. The van der Waals surface area contributed by atoms with Gasteiger partial charge in [-0.1, -0.05) is 12.1 Å². The summed E-state index contributed by atoms with van der Waals surface area (Å²) in [6.45, 7) is 3.04. The summed E-state index contributed by atoms with van der Waals surface area (Å²) in [6.07, 6.45) is 3.86. The Morgan fingerprint density at radius 2 is 1.83 bits per heavy atom. The summed E-state index contributed by atoms with van der Waals surface area (Å²) in [6, 6.07) is 7.20. The second-order valence-corrected chi connectivity index (χ2v) is 7.35. The van der Waals surface area contributed by atoms with E-state index in [1.165, 1.54) is 0 Å². The van der Waals surface area contributed by atoms with E-state index in [4.69, 9.17) is 0 Å². The second-order valence-electron chi connectivity index (χ2n) is 7.35. The molecule has 2 aliphatic heterocycles. The number of nitrogens with zero attached hydrogens (tertiary/aromatic N) is 2. The monoisotopic (exact) mass is 328 g/mol. The van der Waals surface area contributed by atoms with Crippen molar-refractivity contribution in [2.45, 2.75) is 31.6 Å². The number of rotatable bonds is 3. The molecule has 128 valence electrons. The van der Waals surface area contributed by atoms with Crippen LogP contribution < -0.4 is 0 Å². The van der Waals surface area contributed by atoms with E-state index in [0.29, 0.717) is 13.1 Å². The Morgan fingerprint density at radius 1 is 1.04 bits per heavy atom. The highest BCUT2D eigenvalue weighted by molar-refractivity contribution is 5.85. The molecule has 3 atom stereocenters. The highest BCUT2D eigenvalue weighted by Crippen LogP contribution is 2.49. The summed E-state index contributed by atoms with van der Waals surface area (Å²) in [5.74, 6) is 0.904. The van der Waals surface area contributed by atoms with Crippen molar-refractivity contribution in [3.05, 3.63) is 29.8 Å². The van der Waals surface area contributed by atoms with E-state index in [2.05, 4.69) is 0 Å². The van der Waals surface area contributed by atoms with E-state index in [9.17, 15) is 14.7 Å². The number of amides is 2. The van der Waals surface area contributed by atoms with Gasteiger partial charge in [0.25, 0.3) is 0 Å². The third kappa shape index (κ3) is 2.87. The molecule has 0 spiro atoms. The predicted octanol–water partition coefficient (Wildman–Crippen LogP) is 1.97. The molecule has 1 aliphatic carbocycles. The minimum atomic E-state index is -0.00924. The zero-order chi connectivity index (χ0) is 16.7. The average molecular weight is 328 g/mol. The van der Waals surface area contributed by atoms with Gasteiger partial charge in [-0.2, -0.15) is 0 Å². The van der Waals surface area contributed by atoms with Crippen molar-refractivity contribution in [2.75, 3.05) is 26.2 Å². The Morgan fingerprint density at radius 3 is 2.58 bits per heavy atom. The van der Waals surface area contributed by atoms with Crippen LogP contribution in [0.2, 0.25) is 0 Å². The molecule has 3 fully saturated rings. The van der Waals surface area contributed by atoms with Crippen molar-refractivity contribution in [3.63, 3.8) is 0 Å². The predicted molar refractivity (Wildman–Crippen MR) is 89.5 cm³/mol. The molecule has 5 nitrogen and oxygen atoms in total. The maximum atomic E-state index is 12.7.